The predicted octanol–water partition coefficient (Wildman–Crippen LogP) is 2.33. The van der Waals surface area contributed by atoms with E-state index in [2.05, 4.69) is 27.2 Å². The Balaban J connectivity index is 2.25. The fourth-order valence-corrected chi connectivity index (χ4v) is 2.53. The molecule has 0 aliphatic carbocycles. The van der Waals surface area contributed by atoms with Crippen molar-refractivity contribution in [2.75, 3.05) is 6.54 Å². The molecule has 0 radical (unpaired) electrons. The molecule has 0 bridgehead atoms. The van der Waals surface area contributed by atoms with Gasteiger partial charge in [-0.05, 0) is 19.9 Å². The van der Waals surface area contributed by atoms with Crippen LogP contribution in [0.4, 0.5) is 0 Å². The summed E-state index contributed by atoms with van der Waals surface area (Å²) in [4.78, 5) is 13.7. The van der Waals surface area contributed by atoms with E-state index >= 15 is 0 Å². The average molecular weight is 248 g/mol. The Morgan fingerprint density at radius 3 is 2.65 bits per heavy atom. The molecule has 0 saturated carbocycles. The molecule has 90 valence electrons. The minimum atomic E-state index is 0.155. The molecule has 5 heteroatoms. The maximum atomic E-state index is 4.31. The summed E-state index contributed by atoms with van der Waals surface area (Å²) in [5.74, 6) is 0. The third-order valence-corrected chi connectivity index (χ3v) is 3.41. The van der Waals surface area contributed by atoms with E-state index in [0.29, 0.717) is 0 Å². The van der Waals surface area contributed by atoms with Gasteiger partial charge in [0.2, 0.25) is 0 Å². The highest BCUT2D eigenvalue weighted by Crippen LogP contribution is 2.25. The van der Waals surface area contributed by atoms with Crippen LogP contribution in [0.15, 0.2) is 24.9 Å². The molecule has 17 heavy (non-hydrogen) atoms. The number of aromatic nitrogens is 3. The van der Waals surface area contributed by atoms with Crippen LogP contribution in [-0.4, -0.2) is 21.5 Å². The van der Waals surface area contributed by atoms with Gasteiger partial charge in [-0.15, -0.1) is 11.3 Å². The molecular formula is C12H16N4S. The van der Waals surface area contributed by atoms with Crippen molar-refractivity contribution in [2.24, 2.45) is 0 Å². The van der Waals surface area contributed by atoms with Gasteiger partial charge in [0.05, 0.1) is 11.0 Å². The molecule has 0 aliphatic rings. The number of thiazole rings is 1. The Bertz CT molecular complexity index is 455. The number of nitrogens with one attached hydrogen (secondary N) is 1. The van der Waals surface area contributed by atoms with E-state index in [4.69, 9.17) is 0 Å². The second kappa shape index (κ2) is 5.84. The minimum absolute atomic E-state index is 0.155. The zero-order chi connectivity index (χ0) is 12.1. The zero-order valence-corrected chi connectivity index (χ0v) is 10.9. The molecule has 1 N–H and O–H groups in total. The minimum Gasteiger partial charge on any atom is -0.305 e. The molecule has 1 unspecified atom stereocenters. The van der Waals surface area contributed by atoms with Crippen molar-refractivity contribution < 1.29 is 0 Å². The van der Waals surface area contributed by atoms with Crippen molar-refractivity contribution in [2.45, 2.75) is 26.3 Å². The second-order valence-electron chi connectivity index (χ2n) is 3.84. The SMILES string of the molecule is CCCNC(c1cncnc1)c1cnc(C)s1. The first-order valence-electron chi connectivity index (χ1n) is 5.72. The van der Waals surface area contributed by atoms with Crippen molar-refractivity contribution >= 4 is 11.3 Å². The van der Waals surface area contributed by atoms with Crippen LogP contribution >= 0.6 is 11.3 Å². The van der Waals surface area contributed by atoms with Crippen LogP contribution in [0.3, 0.4) is 0 Å². The highest BCUT2D eigenvalue weighted by atomic mass is 32.1. The molecule has 4 nitrogen and oxygen atoms in total. The molecule has 2 aromatic heterocycles. The van der Waals surface area contributed by atoms with Gasteiger partial charge in [0.15, 0.2) is 0 Å². The normalized spacial score (nSPS) is 12.6. The van der Waals surface area contributed by atoms with Crippen LogP contribution in [0.1, 0.15) is 34.8 Å². The van der Waals surface area contributed by atoms with E-state index in [9.17, 15) is 0 Å². The van der Waals surface area contributed by atoms with E-state index in [1.165, 1.54) is 4.88 Å². The molecule has 0 aliphatic heterocycles. The lowest BCUT2D eigenvalue weighted by molar-refractivity contribution is 0.601. The first kappa shape index (κ1) is 12.1. The maximum Gasteiger partial charge on any atom is 0.115 e. The van der Waals surface area contributed by atoms with Gasteiger partial charge in [-0.2, -0.15) is 0 Å². The molecule has 2 aromatic rings. The molecule has 0 fully saturated rings. The molecule has 0 aromatic carbocycles. The fourth-order valence-electron chi connectivity index (χ4n) is 1.64. The first-order valence-corrected chi connectivity index (χ1v) is 6.53. The van der Waals surface area contributed by atoms with Gasteiger partial charge in [0, 0.05) is 29.0 Å². The highest BCUT2D eigenvalue weighted by molar-refractivity contribution is 7.11. The summed E-state index contributed by atoms with van der Waals surface area (Å²) in [5.41, 5.74) is 1.09. The van der Waals surface area contributed by atoms with E-state index in [1.54, 1.807) is 17.7 Å². The summed E-state index contributed by atoms with van der Waals surface area (Å²) in [6, 6.07) is 0.155. The maximum absolute atomic E-state index is 4.31. The van der Waals surface area contributed by atoms with Gasteiger partial charge in [-0.3, -0.25) is 0 Å². The Hall–Kier alpha value is -1.33. The average Bonchev–Trinajstić information content (AvgIpc) is 2.78. The molecule has 0 spiro atoms. The van der Waals surface area contributed by atoms with E-state index in [-0.39, 0.29) is 6.04 Å². The molecule has 0 saturated heterocycles. The molecular weight excluding hydrogens is 232 g/mol. The van der Waals surface area contributed by atoms with E-state index < -0.39 is 0 Å². The predicted molar refractivity (Wildman–Crippen MR) is 69.0 cm³/mol. The Labute approximate surface area is 105 Å². The summed E-state index contributed by atoms with van der Waals surface area (Å²) in [5, 5.41) is 4.59. The van der Waals surface area contributed by atoms with Crippen LogP contribution in [0, 0.1) is 6.92 Å². The Kier molecular flexibility index (Phi) is 4.17. The molecule has 1 atom stereocenters. The molecule has 2 heterocycles. The van der Waals surface area contributed by atoms with Gasteiger partial charge in [-0.1, -0.05) is 6.92 Å². The third-order valence-electron chi connectivity index (χ3n) is 2.44. The number of hydrogen-bond acceptors (Lipinski definition) is 5. The second-order valence-corrected chi connectivity index (χ2v) is 5.11. The van der Waals surface area contributed by atoms with Gasteiger partial charge in [-0.25, -0.2) is 15.0 Å². The Morgan fingerprint density at radius 1 is 1.29 bits per heavy atom. The molecule has 0 amide bonds. The summed E-state index contributed by atoms with van der Waals surface area (Å²) in [6.45, 7) is 5.15. The van der Waals surface area contributed by atoms with Crippen molar-refractivity contribution in [3.05, 3.63) is 40.4 Å². The highest BCUT2D eigenvalue weighted by Gasteiger charge is 2.16. The largest absolute Gasteiger partial charge is 0.305 e. The van der Waals surface area contributed by atoms with Gasteiger partial charge in [0.1, 0.15) is 6.33 Å². The number of aryl methyl sites for hydroxylation is 1. The van der Waals surface area contributed by atoms with Gasteiger partial charge >= 0.3 is 0 Å². The monoisotopic (exact) mass is 248 g/mol. The zero-order valence-electron chi connectivity index (χ0n) is 10.1. The smallest absolute Gasteiger partial charge is 0.115 e. The summed E-state index contributed by atoms with van der Waals surface area (Å²) in [7, 11) is 0. The van der Waals surface area contributed by atoms with Crippen LogP contribution in [-0.2, 0) is 0 Å². The van der Waals surface area contributed by atoms with Crippen molar-refractivity contribution in [1.29, 1.82) is 0 Å². The summed E-state index contributed by atoms with van der Waals surface area (Å²) in [6.07, 6.45) is 8.30. The number of nitrogens with zero attached hydrogens (tertiary/aromatic N) is 3. The van der Waals surface area contributed by atoms with Gasteiger partial charge < -0.3 is 5.32 Å². The van der Waals surface area contributed by atoms with Crippen LogP contribution in [0.5, 0.6) is 0 Å². The lowest BCUT2D eigenvalue weighted by atomic mass is 10.1. The van der Waals surface area contributed by atoms with Crippen LogP contribution in [0.2, 0.25) is 0 Å². The van der Waals surface area contributed by atoms with E-state index in [0.717, 1.165) is 23.5 Å². The van der Waals surface area contributed by atoms with Crippen LogP contribution in [0.25, 0.3) is 0 Å². The number of hydrogen-bond donors (Lipinski definition) is 1. The fraction of sp³-hybridized carbons (Fsp3) is 0.417. The van der Waals surface area contributed by atoms with Gasteiger partial charge in [0.25, 0.3) is 0 Å². The lowest BCUT2D eigenvalue weighted by Crippen LogP contribution is -2.22. The molecule has 2 rings (SSSR count). The summed E-state index contributed by atoms with van der Waals surface area (Å²) >= 11 is 1.71. The van der Waals surface area contributed by atoms with Crippen LogP contribution < -0.4 is 5.32 Å². The summed E-state index contributed by atoms with van der Waals surface area (Å²) < 4.78 is 0. The number of rotatable bonds is 5. The quantitative estimate of drug-likeness (QED) is 0.882. The Morgan fingerprint density at radius 2 is 2.06 bits per heavy atom. The third kappa shape index (κ3) is 3.08. The first-order chi connectivity index (χ1) is 8.31. The van der Waals surface area contributed by atoms with Crippen molar-refractivity contribution in [3.63, 3.8) is 0 Å². The van der Waals surface area contributed by atoms with E-state index in [1.807, 2.05) is 25.5 Å². The lowest BCUT2D eigenvalue weighted by Gasteiger charge is -2.16. The topological polar surface area (TPSA) is 50.7 Å². The van der Waals surface area contributed by atoms with Crippen molar-refractivity contribution in [1.82, 2.24) is 20.3 Å². The standard InChI is InChI=1S/C12H16N4S/c1-3-4-15-12(10-5-13-8-14-6-10)11-7-16-9(2)17-11/h5-8,12,15H,3-4H2,1-2H3. The van der Waals surface area contributed by atoms with Crippen molar-refractivity contribution in [3.8, 4) is 0 Å².